The maximum absolute atomic E-state index is 11.7. The van der Waals surface area contributed by atoms with Gasteiger partial charge in [-0.2, -0.15) is 0 Å². The lowest BCUT2D eigenvalue weighted by molar-refractivity contribution is -0.143. The van der Waals surface area contributed by atoms with Crippen molar-refractivity contribution in [1.29, 1.82) is 0 Å². The molecule has 0 aromatic carbocycles. The molecule has 7 nitrogen and oxygen atoms in total. The Morgan fingerprint density at radius 1 is 1.47 bits per heavy atom. The second kappa shape index (κ2) is 5.62. The molecule has 0 bridgehead atoms. The van der Waals surface area contributed by atoms with Gasteiger partial charge in [-0.15, -0.1) is 0 Å². The van der Waals surface area contributed by atoms with Crippen molar-refractivity contribution >= 4 is 17.8 Å². The van der Waals surface area contributed by atoms with Gasteiger partial charge in [0.1, 0.15) is 12.1 Å². The van der Waals surface area contributed by atoms with Gasteiger partial charge in [-0.05, 0) is 5.92 Å². The Labute approximate surface area is 98.9 Å². The fourth-order valence-electron chi connectivity index (χ4n) is 1.52. The highest BCUT2D eigenvalue weighted by molar-refractivity contribution is 5.89. The van der Waals surface area contributed by atoms with Crippen molar-refractivity contribution in [3.05, 3.63) is 0 Å². The van der Waals surface area contributed by atoms with E-state index in [9.17, 15) is 14.4 Å². The molecular formula is C10H17N3O4. The first-order valence-electron chi connectivity index (χ1n) is 5.45. The van der Waals surface area contributed by atoms with Gasteiger partial charge in [0.15, 0.2) is 0 Å². The zero-order chi connectivity index (χ0) is 13.0. The van der Waals surface area contributed by atoms with Crippen molar-refractivity contribution < 1.29 is 19.5 Å². The lowest BCUT2D eigenvalue weighted by atomic mass is 10.0. The lowest BCUT2D eigenvalue weighted by Crippen LogP contribution is -2.60. The number of carbonyl (C=O) groups excluding carboxylic acids is 2. The maximum Gasteiger partial charge on any atom is 0.326 e. The van der Waals surface area contributed by atoms with E-state index in [-0.39, 0.29) is 24.9 Å². The molecule has 4 N–H and O–H groups in total. The number of amides is 2. The molecule has 0 aromatic heterocycles. The summed E-state index contributed by atoms with van der Waals surface area (Å²) in [6.07, 6.45) is 0. The molecule has 1 fully saturated rings. The quantitative estimate of drug-likeness (QED) is 0.471. The number of piperazine rings is 1. The summed E-state index contributed by atoms with van der Waals surface area (Å²) in [4.78, 5) is 33.5. The lowest BCUT2D eigenvalue weighted by Gasteiger charge is -2.26. The molecule has 7 heteroatoms. The first-order valence-corrected chi connectivity index (χ1v) is 5.45. The van der Waals surface area contributed by atoms with Crippen molar-refractivity contribution in [3.63, 3.8) is 0 Å². The Bertz CT molecular complexity index is 320. The number of aliphatic carboxylic acids is 1. The van der Waals surface area contributed by atoms with Crippen LogP contribution in [0.5, 0.6) is 0 Å². The molecule has 2 atom stereocenters. The van der Waals surface area contributed by atoms with Gasteiger partial charge in [0.05, 0.1) is 6.54 Å². The number of hydrogen-bond donors (Lipinski definition) is 4. The van der Waals surface area contributed by atoms with Gasteiger partial charge in [0.2, 0.25) is 11.8 Å². The summed E-state index contributed by atoms with van der Waals surface area (Å²) in [7, 11) is 0. The van der Waals surface area contributed by atoms with Crippen LogP contribution in [0.1, 0.15) is 13.8 Å². The van der Waals surface area contributed by atoms with Gasteiger partial charge >= 0.3 is 5.97 Å². The first-order chi connectivity index (χ1) is 7.91. The summed E-state index contributed by atoms with van der Waals surface area (Å²) in [5.74, 6) is -1.85. The van der Waals surface area contributed by atoms with E-state index in [4.69, 9.17) is 5.11 Å². The summed E-state index contributed by atoms with van der Waals surface area (Å²) in [5, 5.41) is 16.6. The van der Waals surface area contributed by atoms with E-state index in [1.165, 1.54) is 0 Å². The SMILES string of the molecule is CC(C)[C@H](NC(=O)C1CNC(=O)CN1)C(=O)O. The fourth-order valence-corrected chi connectivity index (χ4v) is 1.52. The molecule has 1 unspecified atom stereocenters. The largest absolute Gasteiger partial charge is 0.480 e. The Hall–Kier alpha value is -1.63. The second-order valence-corrected chi connectivity index (χ2v) is 4.31. The predicted molar refractivity (Wildman–Crippen MR) is 59.2 cm³/mol. The van der Waals surface area contributed by atoms with Crippen LogP contribution in [-0.2, 0) is 14.4 Å². The van der Waals surface area contributed by atoms with E-state index in [2.05, 4.69) is 16.0 Å². The van der Waals surface area contributed by atoms with Gasteiger partial charge < -0.3 is 15.7 Å². The molecule has 96 valence electrons. The van der Waals surface area contributed by atoms with E-state index in [1.54, 1.807) is 13.8 Å². The number of rotatable bonds is 4. The fraction of sp³-hybridized carbons (Fsp3) is 0.700. The molecule has 1 rings (SSSR count). The number of nitrogens with one attached hydrogen (secondary N) is 3. The van der Waals surface area contributed by atoms with Crippen LogP contribution in [-0.4, -0.2) is 48.1 Å². The van der Waals surface area contributed by atoms with Gasteiger partial charge in [-0.25, -0.2) is 4.79 Å². The van der Waals surface area contributed by atoms with Gasteiger partial charge in [0.25, 0.3) is 0 Å². The molecular weight excluding hydrogens is 226 g/mol. The number of carboxylic acid groups (broad SMARTS) is 1. The third-order valence-corrected chi connectivity index (χ3v) is 2.56. The van der Waals surface area contributed by atoms with Crippen molar-refractivity contribution in [2.24, 2.45) is 5.92 Å². The third kappa shape index (κ3) is 3.70. The predicted octanol–water partition coefficient (Wildman–Crippen LogP) is -1.70. The minimum absolute atomic E-state index is 0.0670. The average Bonchev–Trinajstić information content (AvgIpc) is 2.25. The van der Waals surface area contributed by atoms with Crippen LogP contribution in [0.4, 0.5) is 0 Å². The van der Waals surface area contributed by atoms with Crippen molar-refractivity contribution in [2.75, 3.05) is 13.1 Å². The van der Waals surface area contributed by atoms with Crippen LogP contribution in [0.3, 0.4) is 0 Å². The molecule has 0 radical (unpaired) electrons. The van der Waals surface area contributed by atoms with Gasteiger partial charge in [0, 0.05) is 6.54 Å². The summed E-state index contributed by atoms with van der Waals surface area (Å²) < 4.78 is 0. The van der Waals surface area contributed by atoms with Crippen LogP contribution in [0, 0.1) is 5.92 Å². The van der Waals surface area contributed by atoms with Crippen LogP contribution >= 0.6 is 0 Å². The molecule has 1 aliphatic rings. The highest BCUT2D eigenvalue weighted by Gasteiger charge is 2.29. The first kappa shape index (κ1) is 13.4. The van der Waals surface area contributed by atoms with Crippen LogP contribution < -0.4 is 16.0 Å². The summed E-state index contributed by atoms with van der Waals surface area (Å²) in [6.45, 7) is 3.68. The summed E-state index contributed by atoms with van der Waals surface area (Å²) >= 11 is 0. The van der Waals surface area contributed by atoms with E-state index in [1.807, 2.05) is 0 Å². The zero-order valence-electron chi connectivity index (χ0n) is 9.82. The Morgan fingerprint density at radius 2 is 2.12 bits per heavy atom. The number of carboxylic acids is 1. The summed E-state index contributed by atoms with van der Waals surface area (Å²) in [6, 6.07) is -1.49. The highest BCUT2D eigenvalue weighted by Crippen LogP contribution is 2.02. The minimum atomic E-state index is -1.06. The Balaban J connectivity index is 2.53. The molecule has 0 spiro atoms. The van der Waals surface area contributed by atoms with E-state index in [0.29, 0.717) is 0 Å². The molecule has 1 aliphatic heterocycles. The van der Waals surface area contributed by atoms with E-state index >= 15 is 0 Å². The average molecular weight is 243 g/mol. The molecule has 17 heavy (non-hydrogen) atoms. The van der Waals surface area contributed by atoms with Crippen LogP contribution in [0.2, 0.25) is 0 Å². The monoisotopic (exact) mass is 243 g/mol. The Morgan fingerprint density at radius 3 is 2.53 bits per heavy atom. The van der Waals surface area contributed by atoms with Crippen molar-refractivity contribution in [2.45, 2.75) is 25.9 Å². The van der Waals surface area contributed by atoms with Crippen LogP contribution in [0.25, 0.3) is 0 Å². The van der Waals surface area contributed by atoms with E-state index in [0.717, 1.165) is 0 Å². The smallest absolute Gasteiger partial charge is 0.326 e. The summed E-state index contributed by atoms with van der Waals surface area (Å²) in [5.41, 5.74) is 0. The number of carbonyl (C=O) groups is 3. The number of hydrogen-bond acceptors (Lipinski definition) is 4. The standard InChI is InChI=1S/C10H17N3O4/c1-5(2)8(10(16)17)13-9(15)6-3-12-7(14)4-11-6/h5-6,8,11H,3-4H2,1-2H3,(H,12,14)(H,13,15)(H,16,17)/t6?,8-/m0/s1. The van der Waals surface area contributed by atoms with Crippen molar-refractivity contribution in [1.82, 2.24) is 16.0 Å². The third-order valence-electron chi connectivity index (χ3n) is 2.56. The molecule has 0 aromatic rings. The molecule has 0 aliphatic carbocycles. The normalized spacial score (nSPS) is 21.8. The topological polar surface area (TPSA) is 108 Å². The second-order valence-electron chi connectivity index (χ2n) is 4.31. The highest BCUT2D eigenvalue weighted by atomic mass is 16.4. The van der Waals surface area contributed by atoms with Crippen molar-refractivity contribution in [3.8, 4) is 0 Å². The zero-order valence-corrected chi connectivity index (χ0v) is 9.82. The molecule has 0 saturated carbocycles. The van der Waals surface area contributed by atoms with Crippen LogP contribution in [0.15, 0.2) is 0 Å². The van der Waals surface area contributed by atoms with Gasteiger partial charge in [-0.1, -0.05) is 13.8 Å². The molecule has 1 saturated heterocycles. The van der Waals surface area contributed by atoms with Gasteiger partial charge in [-0.3, -0.25) is 14.9 Å². The molecule has 1 heterocycles. The molecule has 2 amide bonds. The maximum atomic E-state index is 11.7. The Kier molecular flexibility index (Phi) is 4.45. The van der Waals surface area contributed by atoms with E-state index < -0.39 is 24.0 Å². The minimum Gasteiger partial charge on any atom is -0.480 e.